The lowest BCUT2D eigenvalue weighted by atomic mass is 9.92. The number of amides is 2. The number of para-hydroxylation sites is 1. The number of nitrogens with zero attached hydrogens (tertiary/aromatic N) is 3. The monoisotopic (exact) mass is 426 g/mol. The Labute approximate surface area is 187 Å². The fourth-order valence-corrected chi connectivity index (χ4v) is 3.28. The zero-order valence-corrected chi connectivity index (χ0v) is 19.8. The fourth-order valence-electron chi connectivity index (χ4n) is 3.28. The molecule has 2 aromatic rings. The van der Waals surface area contributed by atoms with E-state index in [2.05, 4.69) is 39.9 Å². The smallest absolute Gasteiger partial charge is 0.245 e. The third kappa shape index (κ3) is 7.53. The van der Waals surface area contributed by atoms with E-state index in [1.807, 2.05) is 36.4 Å². The summed E-state index contributed by atoms with van der Waals surface area (Å²) in [5, 5.41) is 7.74. The van der Waals surface area contributed by atoms with Gasteiger partial charge in [-0.2, -0.15) is 5.10 Å². The van der Waals surface area contributed by atoms with Gasteiger partial charge in [-0.25, -0.2) is 4.68 Å². The van der Waals surface area contributed by atoms with Gasteiger partial charge in [0.2, 0.25) is 11.8 Å². The van der Waals surface area contributed by atoms with E-state index >= 15 is 0 Å². The number of carbonyl (C=O) groups is 2. The SMILES string of the molecule is CCCCCC(=O)N(CCCC)CC(=O)Nc1cc(C(C)(C)C)nn1-c1ccccc1. The Morgan fingerprint density at radius 2 is 1.71 bits per heavy atom. The number of aromatic nitrogens is 2. The predicted molar refractivity (Wildman–Crippen MR) is 127 cm³/mol. The van der Waals surface area contributed by atoms with Crippen molar-refractivity contribution in [3.8, 4) is 5.69 Å². The first-order valence-electron chi connectivity index (χ1n) is 11.5. The van der Waals surface area contributed by atoms with Crippen LogP contribution in [0.15, 0.2) is 36.4 Å². The predicted octanol–water partition coefficient (Wildman–Crippen LogP) is 5.32. The molecule has 0 spiro atoms. The van der Waals surface area contributed by atoms with E-state index in [1.54, 1.807) is 9.58 Å². The van der Waals surface area contributed by atoms with Gasteiger partial charge in [0.1, 0.15) is 5.82 Å². The number of benzene rings is 1. The summed E-state index contributed by atoms with van der Waals surface area (Å²) in [6.45, 7) is 11.2. The van der Waals surface area contributed by atoms with Crippen molar-refractivity contribution in [2.24, 2.45) is 0 Å². The molecule has 1 N–H and O–H groups in total. The molecule has 6 heteroatoms. The molecule has 0 aliphatic carbocycles. The Bertz CT molecular complexity index is 837. The Kier molecular flexibility index (Phi) is 9.28. The molecule has 0 unspecified atom stereocenters. The zero-order chi connectivity index (χ0) is 22.9. The van der Waals surface area contributed by atoms with Crippen LogP contribution in [0.4, 0.5) is 5.82 Å². The van der Waals surface area contributed by atoms with Crippen molar-refractivity contribution in [2.75, 3.05) is 18.4 Å². The zero-order valence-electron chi connectivity index (χ0n) is 19.8. The van der Waals surface area contributed by atoms with E-state index in [-0.39, 0.29) is 23.8 Å². The molecule has 1 aromatic heterocycles. The van der Waals surface area contributed by atoms with Crippen molar-refractivity contribution in [3.05, 3.63) is 42.1 Å². The van der Waals surface area contributed by atoms with Gasteiger partial charge in [-0.05, 0) is 25.0 Å². The van der Waals surface area contributed by atoms with Crippen LogP contribution in [0.1, 0.15) is 78.8 Å². The lowest BCUT2D eigenvalue weighted by Gasteiger charge is -2.22. The molecule has 0 saturated heterocycles. The van der Waals surface area contributed by atoms with Crippen molar-refractivity contribution in [2.45, 2.75) is 78.6 Å². The normalized spacial score (nSPS) is 11.4. The van der Waals surface area contributed by atoms with Gasteiger partial charge >= 0.3 is 0 Å². The quantitative estimate of drug-likeness (QED) is 0.495. The van der Waals surface area contributed by atoms with Crippen molar-refractivity contribution in [1.82, 2.24) is 14.7 Å². The Hall–Kier alpha value is -2.63. The number of rotatable bonds is 11. The maximum absolute atomic E-state index is 12.9. The van der Waals surface area contributed by atoms with Crippen LogP contribution in [-0.2, 0) is 15.0 Å². The average Bonchev–Trinajstić information content (AvgIpc) is 3.16. The molecular weight excluding hydrogens is 388 g/mol. The van der Waals surface area contributed by atoms with E-state index in [1.165, 1.54) is 0 Å². The highest BCUT2D eigenvalue weighted by molar-refractivity contribution is 5.94. The Morgan fingerprint density at radius 3 is 2.32 bits per heavy atom. The molecule has 0 bridgehead atoms. The second kappa shape index (κ2) is 11.7. The first kappa shape index (κ1) is 24.6. The third-order valence-corrected chi connectivity index (χ3v) is 5.21. The summed E-state index contributed by atoms with van der Waals surface area (Å²) in [4.78, 5) is 27.3. The molecule has 2 amide bonds. The van der Waals surface area contributed by atoms with Crippen LogP contribution in [0, 0.1) is 0 Å². The highest BCUT2D eigenvalue weighted by Gasteiger charge is 2.23. The number of hydrogen-bond donors (Lipinski definition) is 1. The highest BCUT2D eigenvalue weighted by Crippen LogP contribution is 2.26. The summed E-state index contributed by atoms with van der Waals surface area (Å²) in [6.07, 6.45) is 5.35. The van der Waals surface area contributed by atoms with E-state index < -0.39 is 0 Å². The van der Waals surface area contributed by atoms with Crippen molar-refractivity contribution in [1.29, 1.82) is 0 Å². The van der Waals surface area contributed by atoms with Gasteiger partial charge in [-0.1, -0.05) is 72.1 Å². The average molecular weight is 427 g/mol. The van der Waals surface area contributed by atoms with E-state index in [4.69, 9.17) is 5.10 Å². The fraction of sp³-hybridized carbons (Fsp3) is 0.560. The summed E-state index contributed by atoms with van der Waals surface area (Å²) in [6, 6.07) is 11.7. The van der Waals surface area contributed by atoms with Gasteiger partial charge in [0, 0.05) is 24.4 Å². The molecular formula is C25H38N4O2. The third-order valence-electron chi connectivity index (χ3n) is 5.21. The summed E-state index contributed by atoms with van der Waals surface area (Å²) >= 11 is 0. The first-order valence-corrected chi connectivity index (χ1v) is 11.5. The van der Waals surface area contributed by atoms with E-state index in [9.17, 15) is 9.59 Å². The molecule has 0 radical (unpaired) electrons. The van der Waals surface area contributed by atoms with Crippen LogP contribution in [0.3, 0.4) is 0 Å². The van der Waals surface area contributed by atoms with E-state index in [0.29, 0.717) is 18.8 Å². The van der Waals surface area contributed by atoms with Gasteiger partial charge in [-0.3, -0.25) is 9.59 Å². The van der Waals surface area contributed by atoms with Gasteiger partial charge < -0.3 is 10.2 Å². The molecule has 1 heterocycles. The minimum atomic E-state index is -0.197. The molecule has 2 rings (SSSR count). The molecule has 0 atom stereocenters. The molecule has 170 valence electrons. The van der Waals surface area contributed by atoms with Crippen molar-refractivity contribution < 1.29 is 9.59 Å². The number of nitrogens with one attached hydrogen (secondary N) is 1. The van der Waals surface area contributed by atoms with Crippen LogP contribution in [0.5, 0.6) is 0 Å². The lowest BCUT2D eigenvalue weighted by molar-refractivity contribution is -0.134. The van der Waals surface area contributed by atoms with Gasteiger partial charge in [0.05, 0.1) is 17.9 Å². The number of carbonyl (C=O) groups excluding carboxylic acids is 2. The van der Waals surface area contributed by atoms with Crippen LogP contribution >= 0.6 is 0 Å². The maximum atomic E-state index is 12.9. The minimum Gasteiger partial charge on any atom is -0.333 e. The molecule has 0 aliphatic rings. The number of anilines is 1. The minimum absolute atomic E-state index is 0.0593. The van der Waals surface area contributed by atoms with Gasteiger partial charge in [0.15, 0.2) is 0 Å². The summed E-state index contributed by atoms with van der Waals surface area (Å²) in [5.74, 6) is 0.483. The number of hydrogen-bond acceptors (Lipinski definition) is 3. The van der Waals surface area contributed by atoms with Gasteiger partial charge in [-0.15, -0.1) is 0 Å². The summed E-state index contributed by atoms with van der Waals surface area (Å²) in [5.41, 5.74) is 1.62. The van der Waals surface area contributed by atoms with Crippen LogP contribution in [0.2, 0.25) is 0 Å². The van der Waals surface area contributed by atoms with Gasteiger partial charge in [0.25, 0.3) is 0 Å². The van der Waals surface area contributed by atoms with Crippen molar-refractivity contribution in [3.63, 3.8) is 0 Å². The second-order valence-corrected chi connectivity index (χ2v) is 9.09. The van der Waals surface area contributed by atoms with E-state index in [0.717, 1.165) is 43.5 Å². The summed E-state index contributed by atoms with van der Waals surface area (Å²) < 4.78 is 1.76. The molecule has 1 aromatic carbocycles. The maximum Gasteiger partial charge on any atom is 0.245 e. The lowest BCUT2D eigenvalue weighted by Crippen LogP contribution is -2.38. The summed E-state index contributed by atoms with van der Waals surface area (Å²) in [7, 11) is 0. The largest absolute Gasteiger partial charge is 0.333 e. The Balaban J connectivity index is 2.18. The second-order valence-electron chi connectivity index (χ2n) is 9.09. The Morgan fingerprint density at radius 1 is 1.03 bits per heavy atom. The first-order chi connectivity index (χ1) is 14.8. The topological polar surface area (TPSA) is 67.2 Å². The molecule has 6 nitrogen and oxygen atoms in total. The molecule has 0 aliphatic heterocycles. The van der Waals surface area contributed by atoms with Crippen LogP contribution in [-0.4, -0.2) is 39.6 Å². The highest BCUT2D eigenvalue weighted by atomic mass is 16.2. The van der Waals surface area contributed by atoms with Crippen LogP contribution in [0.25, 0.3) is 5.69 Å². The standard InChI is InChI=1S/C25H38N4O2/c1-6-8-11-16-24(31)28(17-9-7-2)19-23(30)26-22-18-21(25(3,4)5)27-29(22)20-14-12-10-13-15-20/h10,12-15,18H,6-9,11,16-17,19H2,1-5H3,(H,26,30). The van der Waals surface area contributed by atoms with Crippen molar-refractivity contribution >= 4 is 17.6 Å². The number of unbranched alkanes of at least 4 members (excludes halogenated alkanes) is 3. The van der Waals surface area contributed by atoms with Crippen LogP contribution < -0.4 is 5.32 Å². The molecule has 31 heavy (non-hydrogen) atoms. The molecule has 0 saturated carbocycles. The molecule has 0 fully saturated rings.